The zero-order chi connectivity index (χ0) is 11.2. The molecule has 0 radical (unpaired) electrons. The molecule has 0 saturated heterocycles. The zero-order valence-corrected chi connectivity index (χ0v) is 10.7. The van der Waals surface area contributed by atoms with Crippen LogP contribution < -0.4 is 5.32 Å². The molecule has 0 aliphatic carbocycles. The molecule has 0 heterocycles. The van der Waals surface area contributed by atoms with Crippen LogP contribution in [-0.4, -0.2) is 13.1 Å². The van der Waals surface area contributed by atoms with Gasteiger partial charge in [0.1, 0.15) is 0 Å². The zero-order valence-electron chi connectivity index (χ0n) is 10.7. The molecular formula is C14H29N. The molecule has 0 aromatic rings. The van der Waals surface area contributed by atoms with Crippen molar-refractivity contribution in [3.8, 4) is 0 Å². The summed E-state index contributed by atoms with van der Waals surface area (Å²) in [5.41, 5.74) is 0. The molecule has 0 aromatic carbocycles. The van der Waals surface area contributed by atoms with Crippen molar-refractivity contribution in [3.63, 3.8) is 0 Å². The lowest BCUT2D eigenvalue weighted by molar-refractivity contribution is 0.643. The van der Waals surface area contributed by atoms with E-state index in [4.69, 9.17) is 0 Å². The molecule has 0 aliphatic rings. The largest absolute Gasteiger partial charge is 0.317 e. The van der Waals surface area contributed by atoms with Gasteiger partial charge in [-0.05, 0) is 45.2 Å². The summed E-state index contributed by atoms with van der Waals surface area (Å²) in [4.78, 5) is 0. The molecule has 15 heavy (non-hydrogen) atoms. The van der Waals surface area contributed by atoms with Gasteiger partial charge in [-0.2, -0.15) is 0 Å². The number of nitrogens with one attached hydrogen (secondary N) is 1. The van der Waals surface area contributed by atoms with Gasteiger partial charge in [-0.15, -0.1) is 0 Å². The molecule has 90 valence electrons. The minimum Gasteiger partial charge on any atom is -0.317 e. The first-order valence-corrected chi connectivity index (χ1v) is 6.77. The van der Waals surface area contributed by atoms with Crippen LogP contribution in [0.15, 0.2) is 12.2 Å². The Kier molecular flexibility index (Phi) is 13.4. The van der Waals surface area contributed by atoms with Gasteiger partial charge in [-0.25, -0.2) is 0 Å². The molecule has 0 saturated carbocycles. The molecule has 1 nitrogen and oxygen atoms in total. The summed E-state index contributed by atoms with van der Waals surface area (Å²) in [7, 11) is 0. The van der Waals surface area contributed by atoms with Gasteiger partial charge in [-0.1, -0.05) is 45.3 Å². The molecule has 0 unspecified atom stereocenters. The lowest BCUT2D eigenvalue weighted by Gasteiger charge is -1.99. The highest BCUT2D eigenvalue weighted by Crippen LogP contribution is 2.03. The molecule has 0 bridgehead atoms. The highest BCUT2D eigenvalue weighted by molar-refractivity contribution is 4.81. The van der Waals surface area contributed by atoms with Crippen LogP contribution in [0.4, 0.5) is 0 Å². The average molecular weight is 211 g/mol. The second-order valence-electron chi connectivity index (χ2n) is 4.21. The van der Waals surface area contributed by atoms with Gasteiger partial charge in [0, 0.05) is 0 Å². The quantitative estimate of drug-likeness (QED) is 0.397. The van der Waals surface area contributed by atoms with E-state index in [1.54, 1.807) is 0 Å². The topological polar surface area (TPSA) is 12.0 Å². The number of hydrogen-bond donors (Lipinski definition) is 1. The Labute approximate surface area is 96.3 Å². The van der Waals surface area contributed by atoms with Crippen LogP contribution in [-0.2, 0) is 0 Å². The number of hydrogen-bond acceptors (Lipinski definition) is 1. The standard InChI is InChI=1S/C14H29N/c1-3-5-6-7-8-9-10-11-12-14-15-13-4-2/h9-10,15H,3-8,11-14H2,1-2H3/b10-9+. The Morgan fingerprint density at radius 3 is 2.13 bits per heavy atom. The van der Waals surface area contributed by atoms with E-state index in [-0.39, 0.29) is 0 Å². The van der Waals surface area contributed by atoms with E-state index in [0.717, 1.165) is 0 Å². The predicted octanol–water partition coefficient (Wildman–Crippen LogP) is 4.29. The monoisotopic (exact) mass is 211 g/mol. The van der Waals surface area contributed by atoms with E-state index in [9.17, 15) is 0 Å². The van der Waals surface area contributed by atoms with Crippen molar-refractivity contribution in [2.24, 2.45) is 0 Å². The number of unbranched alkanes of at least 4 members (excludes halogenated alkanes) is 5. The highest BCUT2D eigenvalue weighted by atomic mass is 14.8. The Hall–Kier alpha value is -0.300. The van der Waals surface area contributed by atoms with Gasteiger partial charge < -0.3 is 5.32 Å². The van der Waals surface area contributed by atoms with E-state index in [1.807, 2.05) is 0 Å². The minimum atomic E-state index is 1.17. The van der Waals surface area contributed by atoms with Gasteiger partial charge in [0.15, 0.2) is 0 Å². The van der Waals surface area contributed by atoms with Crippen molar-refractivity contribution in [1.29, 1.82) is 0 Å². The van der Waals surface area contributed by atoms with Crippen molar-refractivity contribution >= 4 is 0 Å². The van der Waals surface area contributed by atoms with Crippen LogP contribution in [0, 0.1) is 0 Å². The predicted molar refractivity (Wildman–Crippen MR) is 70.3 cm³/mol. The fourth-order valence-corrected chi connectivity index (χ4v) is 1.57. The maximum atomic E-state index is 3.42. The van der Waals surface area contributed by atoms with Gasteiger partial charge in [0.05, 0.1) is 0 Å². The van der Waals surface area contributed by atoms with Gasteiger partial charge in [0.2, 0.25) is 0 Å². The van der Waals surface area contributed by atoms with Crippen molar-refractivity contribution < 1.29 is 0 Å². The SMILES string of the molecule is CCCCCC/C=C/CCCNCCC. The lowest BCUT2D eigenvalue weighted by Crippen LogP contribution is -2.15. The first-order chi connectivity index (χ1) is 7.41. The summed E-state index contributed by atoms with van der Waals surface area (Å²) in [5.74, 6) is 0. The van der Waals surface area contributed by atoms with Gasteiger partial charge in [-0.3, -0.25) is 0 Å². The van der Waals surface area contributed by atoms with Crippen LogP contribution >= 0.6 is 0 Å². The lowest BCUT2D eigenvalue weighted by atomic mass is 10.1. The van der Waals surface area contributed by atoms with Crippen molar-refractivity contribution in [2.75, 3.05) is 13.1 Å². The summed E-state index contributed by atoms with van der Waals surface area (Å²) in [5, 5.41) is 3.42. The molecular weight excluding hydrogens is 182 g/mol. The average Bonchev–Trinajstić information content (AvgIpc) is 2.26. The maximum Gasteiger partial charge on any atom is -0.00460 e. The van der Waals surface area contributed by atoms with E-state index in [2.05, 4.69) is 31.3 Å². The Bertz CT molecular complexity index is 129. The second kappa shape index (κ2) is 13.7. The Balaban J connectivity index is 2.97. The molecule has 0 aromatic heterocycles. The van der Waals surface area contributed by atoms with Crippen LogP contribution in [0.3, 0.4) is 0 Å². The highest BCUT2D eigenvalue weighted by Gasteiger charge is 1.86. The summed E-state index contributed by atoms with van der Waals surface area (Å²) in [6.07, 6.45) is 15.3. The molecule has 0 amide bonds. The molecule has 0 atom stereocenters. The Morgan fingerprint density at radius 2 is 1.47 bits per heavy atom. The first-order valence-electron chi connectivity index (χ1n) is 6.77. The maximum absolute atomic E-state index is 3.42. The number of allylic oxidation sites excluding steroid dienone is 2. The van der Waals surface area contributed by atoms with Crippen LogP contribution in [0.2, 0.25) is 0 Å². The third-order valence-corrected chi connectivity index (χ3v) is 2.54. The van der Waals surface area contributed by atoms with Crippen LogP contribution in [0.1, 0.15) is 65.2 Å². The molecule has 0 rings (SSSR count). The number of rotatable bonds is 11. The van der Waals surface area contributed by atoms with E-state index in [0.29, 0.717) is 0 Å². The first kappa shape index (κ1) is 14.7. The van der Waals surface area contributed by atoms with Crippen molar-refractivity contribution in [1.82, 2.24) is 5.32 Å². The fourth-order valence-electron chi connectivity index (χ4n) is 1.57. The van der Waals surface area contributed by atoms with Gasteiger partial charge in [0.25, 0.3) is 0 Å². The van der Waals surface area contributed by atoms with E-state index in [1.165, 1.54) is 64.5 Å². The molecule has 1 N–H and O–H groups in total. The molecule has 0 aliphatic heterocycles. The summed E-state index contributed by atoms with van der Waals surface area (Å²) in [6, 6.07) is 0. The van der Waals surface area contributed by atoms with E-state index < -0.39 is 0 Å². The summed E-state index contributed by atoms with van der Waals surface area (Å²) >= 11 is 0. The molecule has 1 heteroatoms. The minimum absolute atomic E-state index is 1.17. The van der Waals surface area contributed by atoms with Crippen LogP contribution in [0.5, 0.6) is 0 Å². The van der Waals surface area contributed by atoms with Crippen LogP contribution in [0.25, 0.3) is 0 Å². The molecule has 0 spiro atoms. The fraction of sp³-hybridized carbons (Fsp3) is 0.857. The summed E-state index contributed by atoms with van der Waals surface area (Å²) < 4.78 is 0. The second-order valence-corrected chi connectivity index (χ2v) is 4.21. The third-order valence-electron chi connectivity index (χ3n) is 2.54. The Morgan fingerprint density at radius 1 is 0.733 bits per heavy atom. The smallest absolute Gasteiger partial charge is 0.00460 e. The third kappa shape index (κ3) is 13.7. The van der Waals surface area contributed by atoms with E-state index >= 15 is 0 Å². The molecule has 0 fully saturated rings. The van der Waals surface area contributed by atoms with Gasteiger partial charge >= 0.3 is 0 Å². The normalized spacial score (nSPS) is 11.3. The van der Waals surface area contributed by atoms with Crippen molar-refractivity contribution in [2.45, 2.75) is 65.2 Å². The van der Waals surface area contributed by atoms with Crippen molar-refractivity contribution in [3.05, 3.63) is 12.2 Å². The summed E-state index contributed by atoms with van der Waals surface area (Å²) in [6.45, 7) is 6.82.